The van der Waals surface area contributed by atoms with Gasteiger partial charge in [-0.25, -0.2) is 0 Å². The first kappa shape index (κ1) is 17.7. The van der Waals surface area contributed by atoms with Gasteiger partial charge in [0.2, 0.25) is 0 Å². The second-order valence-electron chi connectivity index (χ2n) is 6.63. The number of para-hydroxylation sites is 1. The van der Waals surface area contributed by atoms with Crippen LogP contribution < -0.4 is 5.32 Å². The lowest BCUT2D eigenvalue weighted by Gasteiger charge is -2.32. The maximum atomic E-state index is 6.36. The second kappa shape index (κ2) is 7.93. The molecule has 0 saturated carbocycles. The number of halogens is 2. The summed E-state index contributed by atoms with van der Waals surface area (Å²) in [6, 6.07) is 16.6. The Morgan fingerprint density at radius 3 is 2.73 bits per heavy atom. The van der Waals surface area contributed by atoms with E-state index in [2.05, 4.69) is 45.5 Å². The van der Waals surface area contributed by atoms with Gasteiger partial charge < -0.3 is 5.32 Å². The summed E-state index contributed by atoms with van der Waals surface area (Å²) in [4.78, 5) is 7.06. The molecule has 2 aromatic carbocycles. The molecule has 0 amide bonds. The Morgan fingerprint density at radius 1 is 0.962 bits per heavy atom. The van der Waals surface area contributed by atoms with Crippen LogP contribution in [0.5, 0.6) is 0 Å². The lowest BCUT2D eigenvalue weighted by molar-refractivity contribution is 0.242. The molecule has 0 aliphatic carbocycles. The quantitative estimate of drug-likeness (QED) is 0.692. The van der Waals surface area contributed by atoms with Crippen LogP contribution in [0.1, 0.15) is 23.6 Å². The van der Waals surface area contributed by atoms with Gasteiger partial charge in [0.15, 0.2) is 0 Å². The van der Waals surface area contributed by atoms with Crippen molar-refractivity contribution in [1.82, 2.24) is 15.2 Å². The summed E-state index contributed by atoms with van der Waals surface area (Å²) in [5, 5.41) is 5.86. The van der Waals surface area contributed by atoms with Crippen molar-refractivity contribution in [2.75, 3.05) is 26.2 Å². The summed E-state index contributed by atoms with van der Waals surface area (Å²) in [6.07, 6.45) is 3.03. The van der Waals surface area contributed by atoms with E-state index in [4.69, 9.17) is 23.2 Å². The smallest absolute Gasteiger partial charge is 0.0705 e. The minimum absolute atomic E-state index is 0.123. The zero-order valence-corrected chi connectivity index (χ0v) is 16.0. The average Bonchev–Trinajstić information content (AvgIpc) is 2.94. The molecule has 1 aliphatic rings. The van der Waals surface area contributed by atoms with E-state index in [0.717, 1.165) is 43.7 Å². The molecule has 1 saturated heterocycles. The number of rotatable bonds is 3. The van der Waals surface area contributed by atoms with Crippen molar-refractivity contribution in [3.05, 3.63) is 75.9 Å². The Bertz CT molecular complexity index is 899. The minimum atomic E-state index is 0.123. The van der Waals surface area contributed by atoms with Crippen molar-refractivity contribution in [3.63, 3.8) is 0 Å². The largest absolute Gasteiger partial charge is 0.315 e. The Labute approximate surface area is 163 Å². The van der Waals surface area contributed by atoms with Gasteiger partial charge in [0.05, 0.1) is 21.6 Å². The second-order valence-corrected chi connectivity index (χ2v) is 7.45. The number of benzene rings is 2. The van der Waals surface area contributed by atoms with E-state index in [1.165, 1.54) is 10.9 Å². The Kier molecular flexibility index (Phi) is 5.41. The van der Waals surface area contributed by atoms with E-state index in [9.17, 15) is 0 Å². The summed E-state index contributed by atoms with van der Waals surface area (Å²) in [5.41, 5.74) is 3.44. The zero-order valence-electron chi connectivity index (χ0n) is 14.5. The highest BCUT2D eigenvalue weighted by molar-refractivity contribution is 6.42. The Morgan fingerprint density at radius 2 is 1.85 bits per heavy atom. The SMILES string of the molecule is Clc1ccc(C(c2ccnc3ccccc23)N2CCCNCC2)cc1Cl. The molecule has 1 N–H and O–H groups in total. The molecule has 3 aromatic rings. The summed E-state index contributed by atoms with van der Waals surface area (Å²) < 4.78 is 0. The first-order chi connectivity index (χ1) is 12.7. The van der Waals surface area contributed by atoms with Gasteiger partial charge in [-0.3, -0.25) is 9.88 Å². The molecule has 1 fully saturated rings. The third-order valence-electron chi connectivity index (χ3n) is 4.98. The highest BCUT2D eigenvalue weighted by atomic mass is 35.5. The Hall–Kier alpha value is -1.65. The van der Waals surface area contributed by atoms with Crippen LogP contribution in [-0.2, 0) is 0 Å². The van der Waals surface area contributed by atoms with Crippen molar-refractivity contribution in [3.8, 4) is 0 Å². The number of hydrogen-bond acceptors (Lipinski definition) is 3. The zero-order chi connectivity index (χ0) is 17.9. The molecule has 26 heavy (non-hydrogen) atoms. The third kappa shape index (κ3) is 3.58. The summed E-state index contributed by atoms with van der Waals surface area (Å²) in [6.45, 7) is 4.07. The van der Waals surface area contributed by atoms with Crippen LogP contribution in [0.2, 0.25) is 10.0 Å². The molecular weight excluding hydrogens is 365 g/mol. The van der Waals surface area contributed by atoms with Crippen LogP contribution in [-0.4, -0.2) is 36.1 Å². The van der Waals surface area contributed by atoms with Crippen molar-refractivity contribution in [2.24, 2.45) is 0 Å². The van der Waals surface area contributed by atoms with E-state index < -0.39 is 0 Å². The lowest BCUT2D eigenvalue weighted by atomic mass is 9.94. The number of pyridine rings is 1. The van der Waals surface area contributed by atoms with E-state index >= 15 is 0 Å². The maximum absolute atomic E-state index is 6.36. The molecular formula is C21H21Cl2N3. The lowest BCUT2D eigenvalue weighted by Crippen LogP contribution is -2.33. The molecule has 1 unspecified atom stereocenters. The van der Waals surface area contributed by atoms with Crippen LogP contribution in [0.3, 0.4) is 0 Å². The standard InChI is InChI=1S/C21H21Cl2N3/c22-18-7-6-15(14-19(18)23)21(26-12-3-9-24-11-13-26)17-8-10-25-20-5-2-1-4-16(17)20/h1-2,4-8,10,14,21,24H,3,9,11-13H2. The van der Waals surface area contributed by atoms with Gasteiger partial charge >= 0.3 is 0 Å². The number of aromatic nitrogens is 1. The number of hydrogen-bond donors (Lipinski definition) is 1. The molecule has 134 valence electrons. The highest BCUT2D eigenvalue weighted by Gasteiger charge is 2.25. The minimum Gasteiger partial charge on any atom is -0.315 e. The summed E-state index contributed by atoms with van der Waals surface area (Å²) in [7, 11) is 0. The molecule has 5 heteroatoms. The predicted molar refractivity (Wildman–Crippen MR) is 109 cm³/mol. The molecule has 4 rings (SSSR count). The number of fused-ring (bicyclic) bond motifs is 1. The number of nitrogens with one attached hydrogen (secondary N) is 1. The van der Waals surface area contributed by atoms with Crippen LogP contribution in [0.15, 0.2) is 54.7 Å². The van der Waals surface area contributed by atoms with E-state index in [1.807, 2.05) is 24.4 Å². The molecule has 2 heterocycles. The molecule has 3 nitrogen and oxygen atoms in total. The number of nitrogens with zero attached hydrogens (tertiary/aromatic N) is 2. The molecule has 0 bridgehead atoms. The van der Waals surface area contributed by atoms with Gasteiger partial charge in [-0.05, 0) is 48.4 Å². The van der Waals surface area contributed by atoms with Gasteiger partial charge in [-0.2, -0.15) is 0 Å². The molecule has 1 atom stereocenters. The van der Waals surface area contributed by atoms with Crippen LogP contribution in [0, 0.1) is 0 Å². The first-order valence-electron chi connectivity index (χ1n) is 8.97. The fraction of sp³-hybridized carbons (Fsp3) is 0.286. The molecule has 0 radical (unpaired) electrons. The monoisotopic (exact) mass is 385 g/mol. The fourth-order valence-electron chi connectivity index (χ4n) is 3.75. The summed E-state index contributed by atoms with van der Waals surface area (Å²) >= 11 is 12.5. The molecule has 0 spiro atoms. The normalized spacial score (nSPS) is 17.2. The first-order valence-corrected chi connectivity index (χ1v) is 9.73. The van der Waals surface area contributed by atoms with Crippen molar-refractivity contribution in [1.29, 1.82) is 0 Å². The highest BCUT2D eigenvalue weighted by Crippen LogP contribution is 2.35. The van der Waals surface area contributed by atoms with Gasteiger partial charge in [0, 0.05) is 31.2 Å². The van der Waals surface area contributed by atoms with Crippen molar-refractivity contribution < 1.29 is 0 Å². The van der Waals surface area contributed by atoms with Gasteiger partial charge in [-0.15, -0.1) is 0 Å². The van der Waals surface area contributed by atoms with Gasteiger partial charge in [0.1, 0.15) is 0 Å². The van der Waals surface area contributed by atoms with Crippen LogP contribution >= 0.6 is 23.2 Å². The maximum Gasteiger partial charge on any atom is 0.0705 e. The average molecular weight is 386 g/mol. The van der Waals surface area contributed by atoms with Crippen molar-refractivity contribution in [2.45, 2.75) is 12.5 Å². The summed E-state index contributed by atoms with van der Waals surface area (Å²) in [5.74, 6) is 0. The molecule has 1 aliphatic heterocycles. The third-order valence-corrected chi connectivity index (χ3v) is 5.72. The Balaban J connectivity index is 1.87. The topological polar surface area (TPSA) is 28.2 Å². The van der Waals surface area contributed by atoms with E-state index in [-0.39, 0.29) is 6.04 Å². The van der Waals surface area contributed by atoms with Gasteiger partial charge in [-0.1, -0.05) is 47.5 Å². The van der Waals surface area contributed by atoms with E-state index in [0.29, 0.717) is 10.0 Å². The van der Waals surface area contributed by atoms with Crippen LogP contribution in [0.25, 0.3) is 10.9 Å². The van der Waals surface area contributed by atoms with Crippen LogP contribution in [0.4, 0.5) is 0 Å². The predicted octanol–water partition coefficient (Wildman–Crippen LogP) is 4.93. The van der Waals surface area contributed by atoms with Crippen molar-refractivity contribution >= 4 is 34.1 Å². The van der Waals surface area contributed by atoms with E-state index in [1.54, 1.807) is 0 Å². The van der Waals surface area contributed by atoms with Gasteiger partial charge in [0.25, 0.3) is 0 Å². The fourth-order valence-corrected chi connectivity index (χ4v) is 4.06. The molecule has 1 aromatic heterocycles.